The van der Waals surface area contributed by atoms with Gasteiger partial charge in [0.2, 0.25) is 5.91 Å². The zero-order valence-corrected chi connectivity index (χ0v) is 14.9. The van der Waals surface area contributed by atoms with E-state index in [1.165, 1.54) is 20.3 Å². The van der Waals surface area contributed by atoms with Crippen LogP contribution < -0.4 is 20.3 Å². The van der Waals surface area contributed by atoms with Crippen molar-refractivity contribution in [2.75, 3.05) is 19.5 Å². The summed E-state index contributed by atoms with van der Waals surface area (Å²) in [5, 5.41) is 6.96. The summed E-state index contributed by atoms with van der Waals surface area (Å²) < 4.78 is 11.5. The molecule has 3 aromatic rings. The van der Waals surface area contributed by atoms with Gasteiger partial charge in [0.25, 0.3) is 5.56 Å². The first kappa shape index (κ1) is 18.1. The van der Waals surface area contributed by atoms with E-state index in [0.29, 0.717) is 22.9 Å². The maximum absolute atomic E-state index is 12.4. The molecule has 0 unspecified atom stereocenters. The number of pyridine rings is 1. The van der Waals surface area contributed by atoms with E-state index in [4.69, 9.17) is 9.47 Å². The minimum atomic E-state index is -0.400. The quantitative estimate of drug-likeness (QED) is 0.717. The summed E-state index contributed by atoms with van der Waals surface area (Å²) in [6, 6.07) is 11.6. The van der Waals surface area contributed by atoms with E-state index in [2.05, 4.69) is 15.4 Å². The first-order chi connectivity index (χ1) is 13.1. The molecule has 0 aliphatic rings. The summed E-state index contributed by atoms with van der Waals surface area (Å²) in [6.07, 6.45) is 3.29. The van der Waals surface area contributed by atoms with Crippen molar-refractivity contribution in [1.29, 1.82) is 0 Å². The fraction of sp³-hybridized carbons (Fsp3) is 0.158. The lowest BCUT2D eigenvalue weighted by Gasteiger charge is -2.11. The van der Waals surface area contributed by atoms with Crippen molar-refractivity contribution in [3.63, 3.8) is 0 Å². The highest BCUT2D eigenvalue weighted by Gasteiger charge is 2.10. The number of nitrogens with one attached hydrogen (secondary N) is 1. The fourth-order valence-electron chi connectivity index (χ4n) is 2.45. The molecule has 0 radical (unpaired) electrons. The molecule has 1 N–H and O–H groups in total. The van der Waals surface area contributed by atoms with Crippen LogP contribution in [0.2, 0.25) is 0 Å². The normalized spacial score (nSPS) is 10.3. The third kappa shape index (κ3) is 4.49. The van der Waals surface area contributed by atoms with Gasteiger partial charge in [-0.15, -0.1) is 0 Å². The second-order valence-corrected chi connectivity index (χ2v) is 5.61. The number of anilines is 1. The van der Waals surface area contributed by atoms with Crippen LogP contribution in [0.5, 0.6) is 11.5 Å². The molecule has 0 atom stereocenters. The van der Waals surface area contributed by atoms with Crippen molar-refractivity contribution in [3.05, 3.63) is 65.2 Å². The molecule has 0 saturated carbocycles. The van der Waals surface area contributed by atoms with Crippen LogP contribution in [-0.2, 0) is 11.3 Å². The molecule has 8 heteroatoms. The standard InChI is InChI=1S/C19H18N4O4/c1-26-15-8-14(9-16(10-15)27-2)21-18(24)12-23-19(25)6-5-17(22-23)13-4-3-7-20-11-13/h3-11H,12H2,1-2H3,(H,21,24). The predicted octanol–water partition coefficient (Wildman–Crippen LogP) is 1.96. The van der Waals surface area contributed by atoms with Gasteiger partial charge in [-0.05, 0) is 18.2 Å². The molecule has 1 amide bonds. The fourth-order valence-corrected chi connectivity index (χ4v) is 2.45. The maximum atomic E-state index is 12.4. The molecule has 138 valence electrons. The van der Waals surface area contributed by atoms with Crippen LogP contribution in [0.25, 0.3) is 11.3 Å². The Balaban J connectivity index is 1.79. The summed E-state index contributed by atoms with van der Waals surface area (Å²) in [7, 11) is 3.04. The third-order valence-electron chi connectivity index (χ3n) is 3.75. The number of ether oxygens (including phenoxy) is 2. The van der Waals surface area contributed by atoms with Gasteiger partial charge in [-0.25, -0.2) is 4.68 Å². The van der Waals surface area contributed by atoms with E-state index in [-0.39, 0.29) is 12.1 Å². The minimum Gasteiger partial charge on any atom is -0.497 e. The Kier molecular flexibility index (Phi) is 5.46. The average molecular weight is 366 g/mol. The Morgan fingerprint density at radius 3 is 2.48 bits per heavy atom. The van der Waals surface area contributed by atoms with Crippen LogP contribution >= 0.6 is 0 Å². The van der Waals surface area contributed by atoms with Crippen LogP contribution in [0.3, 0.4) is 0 Å². The van der Waals surface area contributed by atoms with Crippen LogP contribution in [-0.4, -0.2) is 34.9 Å². The molecule has 8 nitrogen and oxygen atoms in total. The number of carbonyl (C=O) groups excluding carboxylic acids is 1. The van der Waals surface area contributed by atoms with E-state index in [1.54, 1.807) is 42.7 Å². The number of carbonyl (C=O) groups is 1. The Bertz CT molecular complexity index is 980. The largest absolute Gasteiger partial charge is 0.497 e. The molecule has 27 heavy (non-hydrogen) atoms. The van der Waals surface area contributed by atoms with Crippen molar-refractivity contribution in [2.45, 2.75) is 6.54 Å². The average Bonchev–Trinajstić information content (AvgIpc) is 2.69. The zero-order valence-electron chi connectivity index (χ0n) is 14.9. The molecular formula is C19H18N4O4. The minimum absolute atomic E-state index is 0.230. The highest BCUT2D eigenvalue weighted by atomic mass is 16.5. The molecule has 3 rings (SSSR count). The molecule has 0 saturated heterocycles. The SMILES string of the molecule is COc1cc(NC(=O)Cn2nc(-c3cccnc3)ccc2=O)cc(OC)c1. The highest BCUT2D eigenvalue weighted by molar-refractivity contribution is 5.91. The number of aromatic nitrogens is 3. The maximum Gasteiger partial charge on any atom is 0.267 e. The first-order valence-electron chi connectivity index (χ1n) is 8.10. The Labute approximate surface area is 155 Å². The number of nitrogens with zero attached hydrogens (tertiary/aromatic N) is 3. The molecule has 0 aliphatic heterocycles. The molecule has 2 heterocycles. The van der Waals surface area contributed by atoms with Gasteiger partial charge in [-0.1, -0.05) is 0 Å². The van der Waals surface area contributed by atoms with Gasteiger partial charge >= 0.3 is 0 Å². The Morgan fingerprint density at radius 1 is 1.11 bits per heavy atom. The lowest BCUT2D eigenvalue weighted by molar-refractivity contribution is -0.117. The van der Waals surface area contributed by atoms with Crippen LogP contribution in [0.1, 0.15) is 0 Å². The number of amides is 1. The van der Waals surface area contributed by atoms with Gasteiger partial charge in [0.15, 0.2) is 0 Å². The summed E-state index contributed by atoms with van der Waals surface area (Å²) in [5.41, 5.74) is 1.43. The van der Waals surface area contributed by atoms with E-state index in [9.17, 15) is 9.59 Å². The van der Waals surface area contributed by atoms with E-state index < -0.39 is 5.91 Å². The van der Waals surface area contributed by atoms with Crippen LogP contribution in [0.4, 0.5) is 5.69 Å². The first-order valence-corrected chi connectivity index (χ1v) is 8.10. The summed E-state index contributed by atoms with van der Waals surface area (Å²) in [6.45, 7) is -0.230. The molecule has 0 fully saturated rings. The van der Waals surface area contributed by atoms with E-state index in [0.717, 1.165) is 10.2 Å². The molecule has 0 spiro atoms. The number of methoxy groups -OCH3 is 2. The Morgan fingerprint density at radius 2 is 1.85 bits per heavy atom. The van der Waals surface area contributed by atoms with Crippen molar-refractivity contribution < 1.29 is 14.3 Å². The molecule has 2 aromatic heterocycles. The smallest absolute Gasteiger partial charge is 0.267 e. The van der Waals surface area contributed by atoms with Gasteiger partial charge in [0.05, 0.1) is 19.9 Å². The summed E-state index contributed by atoms with van der Waals surface area (Å²) in [4.78, 5) is 28.5. The van der Waals surface area contributed by atoms with E-state index >= 15 is 0 Å². The summed E-state index contributed by atoms with van der Waals surface area (Å²) in [5.74, 6) is 0.681. The van der Waals surface area contributed by atoms with Crippen molar-refractivity contribution in [3.8, 4) is 22.8 Å². The number of benzene rings is 1. The van der Waals surface area contributed by atoms with Crippen molar-refractivity contribution >= 4 is 11.6 Å². The van der Waals surface area contributed by atoms with E-state index in [1.807, 2.05) is 6.07 Å². The molecular weight excluding hydrogens is 348 g/mol. The van der Waals surface area contributed by atoms with Crippen LogP contribution in [0.15, 0.2) is 59.7 Å². The molecule has 0 aliphatic carbocycles. The Hall–Kier alpha value is -3.68. The second-order valence-electron chi connectivity index (χ2n) is 5.61. The highest BCUT2D eigenvalue weighted by Crippen LogP contribution is 2.25. The zero-order chi connectivity index (χ0) is 19.2. The van der Waals surface area contributed by atoms with Crippen molar-refractivity contribution in [1.82, 2.24) is 14.8 Å². The number of hydrogen-bond donors (Lipinski definition) is 1. The molecule has 0 bridgehead atoms. The third-order valence-corrected chi connectivity index (χ3v) is 3.75. The topological polar surface area (TPSA) is 95.3 Å². The van der Waals surface area contributed by atoms with Gasteiger partial charge in [0, 0.05) is 47.9 Å². The lowest BCUT2D eigenvalue weighted by Crippen LogP contribution is -2.29. The second kappa shape index (κ2) is 8.13. The number of hydrogen-bond acceptors (Lipinski definition) is 6. The van der Waals surface area contributed by atoms with Crippen molar-refractivity contribution in [2.24, 2.45) is 0 Å². The lowest BCUT2D eigenvalue weighted by atomic mass is 10.2. The van der Waals surface area contributed by atoms with Gasteiger partial charge in [-0.3, -0.25) is 14.6 Å². The predicted molar refractivity (Wildman–Crippen MR) is 99.9 cm³/mol. The molecule has 1 aromatic carbocycles. The van der Waals surface area contributed by atoms with Gasteiger partial charge < -0.3 is 14.8 Å². The number of rotatable bonds is 6. The van der Waals surface area contributed by atoms with Crippen LogP contribution in [0, 0.1) is 0 Å². The van der Waals surface area contributed by atoms with Gasteiger partial charge in [-0.2, -0.15) is 5.10 Å². The van der Waals surface area contributed by atoms with Gasteiger partial charge in [0.1, 0.15) is 18.0 Å². The monoisotopic (exact) mass is 366 g/mol. The summed E-state index contributed by atoms with van der Waals surface area (Å²) >= 11 is 0.